The number of amides is 2. The minimum atomic E-state index is -0.154. The highest BCUT2D eigenvalue weighted by atomic mass is 16.2. The fraction of sp³-hybridized carbons (Fsp3) is 0.333. The van der Waals surface area contributed by atoms with Gasteiger partial charge in [-0.05, 0) is 44.0 Å². The Morgan fingerprint density at radius 2 is 1.81 bits per heavy atom. The van der Waals surface area contributed by atoms with Gasteiger partial charge in [0.15, 0.2) is 0 Å². The predicted molar refractivity (Wildman–Crippen MR) is 105 cm³/mol. The lowest BCUT2D eigenvalue weighted by Crippen LogP contribution is -2.28. The van der Waals surface area contributed by atoms with Gasteiger partial charge in [0.1, 0.15) is 0 Å². The molecule has 5 heteroatoms. The lowest BCUT2D eigenvalue weighted by atomic mass is 10.1. The van der Waals surface area contributed by atoms with Crippen molar-refractivity contribution in [2.45, 2.75) is 26.2 Å². The summed E-state index contributed by atoms with van der Waals surface area (Å²) in [5.41, 5.74) is 3.56. The van der Waals surface area contributed by atoms with E-state index in [9.17, 15) is 9.59 Å². The third kappa shape index (κ3) is 4.63. The average molecular weight is 351 g/mol. The molecule has 5 nitrogen and oxygen atoms in total. The molecule has 0 aliphatic carbocycles. The molecule has 0 radical (unpaired) electrons. The highest BCUT2D eigenvalue weighted by molar-refractivity contribution is 5.96. The van der Waals surface area contributed by atoms with E-state index in [0.29, 0.717) is 12.1 Å². The molecule has 136 valence electrons. The summed E-state index contributed by atoms with van der Waals surface area (Å²) in [5, 5.41) is 5.78. The molecule has 2 N–H and O–H groups in total. The SMILES string of the molecule is Cc1cccc(C(=O)NCCC(=O)Nc2ccccc2N2CCCC2)c1. The van der Waals surface area contributed by atoms with Crippen LogP contribution in [0.4, 0.5) is 11.4 Å². The first-order chi connectivity index (χ1) is 12.6. The molecule has 26 heavy (non-hydrogen) atoms. The molecule has 0 spiro atoms. The van der Waals surface area contributed by atoms with Crippen LogP contribution in [0.3, 0.4) is 0 Å². The first-order valence-electron chi connectivity index (χ1n) is 9.12. The van der Waals surface area contributed by atoms with Crippen LogP contribution in [-0.4, -0.2) is 31.4 Å². The summed E-state index contributed by atoms with van der Waals surface area (Å²) in [6.07, 6.45) is 2.62. The number of hydrogen-bond acceptors (Lipinski definition) is 3. The second kappa shape index (κ2) is 8.52. The largest absolute Gasteiger partial charge is 0.370 e. The molecule has 2 aromatic carbocycles. The molecular weight excluding hydrogens is 326 g/mol. The van der Waals surface area contributed by atoms with Crippen molar-refractivity contribution in [3.63, 3.8) is 0 Å². The van der Waals surface area contributed by atoms with Crippen molar-refractivity contribution in [3.8, 4) is 0 Å². The maximum absolute atomic E-state index is 12.3. The summed E-state index contributed by atoms with van der Waals surface area (Å²) in [7, 11) is 0. The van der Waals surface area contributed by atoms with Crippen molar-refractivity contribution in [1.82, 2.24) is 5.32 Å². The Hall–Kier alpha value is -2.82. The normalized spacial score (nSPS) is 13.5. The predicted octanol–water partition coefficient (Wildman–Crippen LogP) is 3.35. The zero-order chi connectivity index (χ0) is 18.4. The van der Waals surface area contributed by atoms with Gasteiger partial charge in [-0.15, -0.1) is 0 Å². The average Bonchev–Trinajstić information content (AvgIpc) is 3.16. The van der Waals surface area contributed by atoms with Crippen molar-refractivity contribution in [3.05, 3.63) is 59.7 Å². The van der Waals surface area contributed by atoms with E-state index in [1.54, 1.807) is 6.07 Å². The van der Waals surface area contributed by atoms with Crippen molar-refractivity contribution in [2.24, 2.45) is 0 Å². The van der Waals surface area contributed by atoms with Gasteiger partial charge in [-0.2, -0.15) is 0 Å². The van der Waals surface area contributed by atoms with Crippen molar-refractivity contribution < 1.29 is 9.59 Å². The van der Waals surface area contributed by atoms with Gasteiger partial charge in [0.05, 0.1) is 11.4 Å². The van der Waals surface area contributed by atoms with Gasteiger partial charge in [0.25, 0.3) is 5.91 Å². The number of anilines is 2. The summed E-state index contributed by atoms with van der Waals surface area (Å²) in [4.78, 5) is 26.7. The molecule has 1 heterocycles. The van der Waals surface area contributed by atoms with Crippen molar-refractivity contribution in [2.75, 3.05) is 29.9 Å². The zero-order valence-corrected chi connectivity index (χ0v) is 15.1. The molecule has 0 bridgehead atoms. The standard InChI is InChI=1S/C21H25N3O2/c1-16-7-6-8-17(15-16)21(26)22-12-11-20(25)23-18-9-2-3-10-19(18)24-13-4-5-14-24/h2-3,6-10,15H,4-5,11-14H2,1H3,(H,22,26)(H,23,25). The van der Waals surface area contributed by atoms with Crippen LogP contribution in [0.2, 0.25) is 0 Å². The Labute approximate surface area is 154 Å². The summed E-state index contributed by atoms with van der Waals surface area (Å²) in [5.74, 6) is -0.250. The van der Waals surface area contributed by atoms with Crippen LogP contribution in [0.25, 0.3) is 0 Å². The first-order valence-corrected chi connectivity index (χ1v) is 9.12. The van der Waals surface area contributed by atoms with Gasteiger partial charge in [0.2, 0.25) is 5.91 Å². The summed E-state index contributed by atoms with van der Waals surface area (Å²) < 4.78 is 0. The van der Waals surface area contributed by atoms with Crippen LogP contribution in [-0.2, 0) is 4.79 Å². The number of carbonyl (C=O) groups excluding carboxylic acids is 2. The fourth-order valence-corrected chi connectivity index (χ4v) is 3.20. The molecule has 2 aromatic rings. The number of nitrogens with zero attached hydrogens (tertiary/aromatic N) is 1. The Kier molecular flexibility index (Phi) is 5.89. The van der Waals surface area contributed by atoms with Gasteiger partial charge in [-0.3, -0.25) is 9.59 Å². The van der Waals surface area contributed by atoms with E-state index in [0.717, 1.165) is 30.0 Å². The van der Waals surface area contributed by atoms with Gasteiger partial charge in [0, 0.05) is 31.6 Å². The molecule has 1 saturated heterocycles. The van der Waals surface area contributed by atoms with Gasteiger partial charge >= 0.3 is 0 Å². The highest BCUT2D eigenvalue weighted by Crippen LogP contribution is 2.28. The van der Waals surface area contributed by atoms with Gasteiger partial charge in [-0.1, -0.05) is 29.8 Å². The molecule has 3 rings (SSSR count). The Bertz CT molecular complexity index is 782. The van der Waals surface area contributed by atoms with E-state index in [1.165, 1.54) is 12.8 Å². The molecular formula is C21H25N3O2. The van der Waals surface area contributed by atoms with Crippen molar-refractivity contribution >= 4 is 23.2 Å². The minimum Gasteiger partial charge on any atom is -0.370 e. The smallest absolute Gasteiger partial charge is 0.251 e. The van der Waals surface area contributed by atoms with E-state index in [-0.39, 0.29) is 18.2 Å². The number of aryl methyl sites for hydroxylation is 1. The third-order valence-electron chi connectivity index (χ3n) is 4.54. The number of nitrogens with one attached hydrogen (secondary N) is 2. The number of carbonyl (C=O) groups is 2. The van der Waals surface area contributed by atoms with Gasteiger partial charge in [-0.25, -0.2) is 0 Å². The molecule has 0 aromatic heterocycles. The summed E-state index contributed by atoms with van der Waals surface area (Å²) in [6, 6.07) is 15.3. The fourth-order valence-electron chi connectivity index (χ4n) is 3.20. The van der Waals surface area contributed by atoms with Crippen LogP contribution in [0.15, 0.2) is 48.5 Å². The molecule has 1 aliphatic heterocycles. The van der Waals surface area contributed by atoms with E-state index in [4.69, 9.17) is 0 Å². The van der Waals surface area contributed by atoms with E-state index >= 15 is 0 Å². The lowest BCUT2D eigenvalue weighted by molar-refractivity contribution is -0.116. The third-order valence-corrected chi connectivity index (χ3v) is 4.54. The number of hydrogen-bond donors (Lipinski definition) is 2. The number of para-hydroxylation sites is 2. The molecule has 1 fully saturated rings. The van der Waals surface area contributed by atoms with Crippen LogP contribution in [0.5, 0.6) is 0 Å². The summed E-state index contributed by atoms with van der Waals surface area (Å²) >= 11 is 0. The van der Waals surface area contributed by atoms with Crippen molar-refractivity contribution in [1.29, 1.82) is 0 Å². The maximum atomic E-state index is 12.3. The van der Waals surface area contributed by atoms with E-state index < -0.39 is 0 Å². The van der Waals surface area contributed by atoms with Crippen LogP contribution >= 0.6 is 0 Å². The first kappa shape index (κ1) is 18.0. The second-order valence-electron chi connectivity index (χ2n) is 6.63. The number of rotatable bonds is 6. The molecule has 1 aliphatic rings. The lowest BCUT2D eigenvalue weighted by Gasteiger charge is -2.21. The molecule has 0 atom stereocenters. The molecule has 2 amide bonds. The minimum absolute atomic E-state index is 0.0961. The highest BCUT2D eigenvalue weighted by Gasteiger charge is 2.16. The van der Waals surface area contributed by atoms with Crippen LogP contribution in [0, 0.1) is 6.92 Å². The van der Waals surface area contributed by atoms with Crippen LogP contribution < -0.4 is 15.5 Å². The van der Waals surface area contributed by atoms with E-state index in [2.05, 4.69) is 15.5 Å². The van der Waals surface area contributed by atoms with Gasteiger partial charge < -0.3 is 15.5 Å². The summed E-state index contributed by atoms with van der Waals surface area (Å²) in [6.45, 7) is 4.31. The Morgan fingerprint density at radius 1 is 1.04 bits per heavy atom. The zero-order valence-electron chi connectivity index (χ0n) is 15.1. The quantitative estimate of drug-likeness (QED) is 0.839. The van der Waals surface area contributed by atoms with E-state index in [1.807, 2.05) is 49.4 Å². The second-order valence-corrected chi connectivity index (χ2v) is 6.63. The molecule has 0 saturated carbocycles. The monoisotopic (exact) mass is 351 g/mol. The number of benzene rings is 2. The Balaban J connectivity index is 1.51. The topological polar surface area (TPSA) is 61.4 Å². The van der Waals surface area contributed by atoms with Crippen LogP contribution in [0.1, 0.15) is 35.2 Å². The maximum Gasteiger partial charge on any atom is 0.251 e. The molecule has 0 unspecified atom stereocenters. The Morgan fingerprint density at radius 3 is 2.58 bits per heavy atom.